The molecule has 1 aromatic carbocycles. The van der Waals surface area contributed by atoms with E-state index in [1.807, 2.05) is 38.1 Å². The van der Waals surface area contributed by atoms with Crippen LogP contribution >= 0.6 is 0 Å². The van der Waals surface area contributed by atoms with Crippen LogP contribution < -0.4 is 9.47 Å². The highest BCUT2D eigenvalue weighted by Crippen LogP contribution is 2.31. The fourth-order valence-corrected chi connectivity index (χ4v) is 4.88. The number of aromatic nitrogens is 1. The van der Waals surface area contributed by atoms with Gasteiger partial charge < -0.3 is 29.1 Å². The van der Waals surface area contributed by atoms with Crippen molar-refractivity contribution in [2.75, 3.05) is 47.1 Å². The summed E-state index contributed by atoms with van der Waals surface area (Å²) in [5.41, 5.74) is 2.00. The number of aliphatic hydroxyl groups is 1. The second-order valence-electron chi connectivity index (χ2n) is 10.0. The Morgan fingerprint density at radius 3 is 2.59 bits per heavy atom. The number of methoxy groups -OCH3 is 1. The SMILES string of the molecule is COc1ccc(-c2cnc3c(c2)C(=O)N([C@@H](C)CO)C[C@@H](C)[C@@H](CN(C)C(=O)C2CCOCC2)O3)cc1. The number of ether oxygens (including phenoxy) is 3. The number of carbonyl (C=O) groups is 2. The number of fused-ring (bicyclic) bond motifs is 1. The summed E-state index contributed by atoms with van der Waals surface area (Å²) >= 11 is 0. The lowest BCUT2D eigenvalue weighted by molar-refractivity contribution is -0.138. The van der Waals surface area contributed by atoms with Crippen LogP contribution in [-0.2, 0) is 9.53 Å². The monoisotopic (exact) mass is 511 g/mol. The molecule has 4 rings (SSSR count). The zero-order valence-electron chi connectivity index (χ0n) is 22.1. The second kappa shape index (κ2) is 11.9. The Labute approximate surface area is 218 Å². The van der Waals surface area contributed by atoms with Crippen molar-refractivity contribution in [3.8, 4) is 22.8 Å². The summed E-state index contributed by atoms with van der Waals surface area (Å²) in [6, 6.07) is 8.93. The maximum absolute atomic E-state index is 13.7. The molecule has 2 aliphatic heterocycles. The van der Waals surface area contributed by atoms with Crippen molar-refractivity contribution in [3.63, 3.8) is 0 Å². The van der Waals surface area contributed by atoms with Crippen LogP contribution in [0.1, 0.15) is 37.0 Å². The van der Waals surface area contributed by atoms with Crippen LogP contribution in [0.4, 0.5) is 0 Å². The van der Waals surface area contributed by atoms with Crippen LogP contribution in [0.3, 0.4) is 0 Å². The average molecular weight is 512 g/mol. The Hall–Kier alpha value is -3.17. The molecule has 0 spiro atoms. The summed E-state index contributed by atoms with van der Waals surface area (Å²) in [5, 5.41) is 9.90. The average Bonchev–Trinajstić information content (AvgIpc) is 2.94. The number of amides is 2. The standard InChI is InChI=1S/C28H37N3O6/c1-18-15-31(19(2)17-32)28(34)24-13-22(20-5-7-23(35-4)8-6-20)14-29-26(24)37-25(18)16-30(3)27(33)21-9-11-36-12-10-21/h5-8,13-14,18-19,21,25,32H,9-12,15-17H2,1-4H3/t18-,19+,25-/m1/s1. The summed E-state index contributed by atoms with van der Waals surface area (Å²) in [6.45, 7) is 5.62. The Bertz CT molecular complexity index is 1090. The lowest BCUT2D eigenvalue weighted by Crippen LogP contribution is -2.51. The van der Waals surface area contributed by atoms with E-state index < -0.39 is 0 Å². The molecule has 0 bridgehead atoms. The molecule has 3 atom stereocenters. The highest BCUT2D eigenvalue weighted by molar-refractivity contribution is 5.98. The van der Waals surface area contributed by atoms with Gasteiger partial charge in [0.2, 0.25) is 11.8 Å². The Morgan fingerprint density at radius 2 is 1.95 bits per heavy atom. The number of nitrogens with zero attached hydrogens (tertiary/aromatic N) is 3. The number of rotatable bonds is 7. The molecule has 1 aromatic heterocycles. The zero-order chi connectivity index (χ0) is 26.5. The molecule has 2 aliphatic rings. The van der Waals surface area contributed by atoms with Gasteiger partial charge in [-0.3, -0.25) is 9.59 Å². The molecular formula is C28H37N3O6. The minimum atomic E-state index is -0.382. The molecule has 2 amide bonds. The van der Waals surface area contributed by atoms with Gasteiger partial charge in [0.25, 0.3) is 5.91 Å². The molecule has 1 fully saturated rings. The first-order chi connectivity index (χ1) is 17.8. The van der Waals surface area contributed by atoms with Crippen molar-refractivity contribution in [2.45, 2.75) is 38.8 Å². The molecular weight excluding hydrogens is 474 g/mol. The van der Waals surface area contributed by atoms with Gasteiger partial charge >= 0.3 is 0 Å². The maximum Gasteiger partial charge on any atom is 0.259 e. The molecule has 1 N–H and O–H groups in total. The zero-order valence-corrected chi connectivity index (χ0v) is 22.1. The summed E-state index contributed by atoms with van der Waals surface area (Å²) in [6.07, 6.45) is 2.75. The Morgan fingerprint density at radius 1 is 1.24 bits per heavy atom. The first-order valence-corrected chi connectivity index (χ1v) is 12.9. The van der Waals surface area contributed by atoms with Gasteiger partial charge in [-0.15, -0.1) is 0 Å². The van der Waals surface area contributed by atoms with Crippen molar-refractivity contribution in [1.82, 2.24) is 14.8 Å². The van der Waals surface area contributed by atoms with Crippen molar-refractivity contribution < 1.29 is 28.9 Å². The van der Waals surface area contributed by atoms with Crippen molar-refractivity contribution in [3.05, 3.63) is 42.1 Å². The van der Waals surface area contributed by atoms with E-state index in [-0.39, 0.29) is 48.3 Å². The molecule has 3 heterocycles. The lowest BCUT2D eigenvalue weighted by atomic mass is 9.97. The third-order valence-corrected chi connectivity index (χ3v) is 7.34. The van der Waals surface area contributed by atoms with E-state index in [4.69, 9.17) is 14.2 Å². The molecule has 200 valence electrons. The molecule has 37 heavy (non-hydrogen) atoms. The van der Waals surface area contributed by atoms with Crippen LogP contribution in [0.2, 0.25) is 0 Å². The molecule has 9 nitrogen and oxygen atoms in total. The van der Waals surface area contributed by atoms with E-state index in [2.05, 4.69) is 4.98 Å². The number of hydrogen-bond donors (Lipinski definition) is 1. The van der Waals surface area contributed by atoms with Crippen LogP contribution in [0.25, 0.3) is 11.1 Å². The van der Waals surface area contributed by atoms with Gasteiger partial charge in [0.15, 0.2) is 0 Å². The largest absolute Gasteiger partial charge is 0.497 e. The molecule has 0 unspecified atom stereocenters. The second-order valence-corrected chi connectivity index (χ2v) is 10.0. The molecule has 0 aliphatic carbocycles. The van der Waals surface area contributed by atoms with E-state index in [0.717, 1.165) is 29.7 Å². The van der Waals surface area contributed by atoms with E-state index in [1.165, 1.54) is 0 Å². The van der Waals surface area contributed by atoms with Crippen LogP contribution in [0.15, 0.2) is 36.5 Å². The van der Waals surface area contributed by atoms with Gasteiger partial charge in [-0.2, -0.15) is 0 Å². The van der Waals surface area contributed by atoms with Gasteiger partial charge in [-0.05, 0) is 43.5 Å². The summed E-state index contributed by atoms with van der Waals surface area (Å²) in [5.74, 6) is 0.673. The minimum Gasteiger partial charge on any atom is -0.497 e. The smallest absolute Gasteiger partial charge is 0.259 e. The summed E-state index contributed by atoms with van der Waals surface area (Å²) in [4.78, 5) is 34.7. The third-order valence-electron chi connectivity index (χ3n) is 7.34. The molecule has 1 saturated heterocycles. The van der Waals surface area contributed by atoms with Crippen molar-refractivity contribution in [2.24, 2.45) is 11.8 Å². The number of likely N-dealkylation sites (N-methyl/N-ethyl adjacent to an activating group) is 1. The predicted octanol–water partition coefficient (Wildman–Crippen LogP) is 2.86. The first-order valence-electron chi connectivity index (χ1n) is 12.9. The van der Waals surface area contributed by atoms with Crippen molar-refractivity contribution >= 4 is 11.8 Å². The van der Waals surface area contributed by atoms with Crippen LogP contribution in [0.5, 0.6) is 11.6 Å². The number of aliphatic hydroxyl groups excluding tert-OH is 1. The van der Waals surface area contributed by atoms with Gasteiger partial charge in [0.05, 0.1) is 26.3 Å². The molecule has 9 heteroatoms. The topological polar surface area (TPSA) is 101 Å². The van der Waals surface area contributed by atoms with Crippen molar-refractivity contribution in [1.29, 1.82) is 0 Å². The summed E-state index contributed by atoms with van der Waals surface area (Å²) < 4.78 is 17.0. The fraction of sp³-hybridized carbons (Fsp3) is 0.536. The molecule has 0 radical (unpaired) electrons. The molecule has 0 saturated carbocycles. The third kappa shape index (κ3) is 6.05. The van der Waals surface area contributed by atoms with Gasteiger partial charge in [0, 0.05) is 50.4 Å². The van der Waals surface area contributed by atoms with E-state index in [1.54, 1.807) is 36.2 Å². The summed E-state index contributed by atoms with van der Waals surface area (Å²) in [7, 11) is 3.41. The lowest BCUT2D eigenvalue weighted by Gasteiger charge is -2.38. The van der Waals surface area contributed by atoms with Gasteiger partial charge in [-0.1, -0.05) is 19.1 Å². The van der Waals surface area contributed by atoms with Crippen LogP contribution in [-0.4, -0.2) is 90.9 Å². The van der Waals surface area contributed by atoms with E-state index in [9.17, 15) is 14.7 Å². The molecule has 2 aromatic rings. The van der Waals surface area contributed by atoms with E-state index in [0.29, 0.717) is 31.9 Å². The Balaban J connectivity index is 1.64. The predicted molar refractivity (Wildman–Crippen MR) is 139 cm³/mol. The van der Waals surface area contributed by atoms with Gasteiger partial charge in [0.1, 0.15) is 17.4 Å². The Kier molecular flexibility index (Phi) is 8.66. The quantitative estimate of drug-likeness (QED) is 0.610. The van der Waals surface area contributed by atoms with Gasteiger partial charge in [-0.25, -0.2) is 4.98 Å². The van der Waals surface area contributed by atoms with E-state index >= 15 is 0 Å². The first kappa shape index (κ1) is 26.9. The fourth-order valence-electron chi connectivity index (χ4n) is 4.88. The number of pyridine rings is 1. The van der Waals surface area contributed by atoms with Crippen LogP contribution in [0, 0.1) is 11.8 Å². The number of benzene rings is 1. The minimum absolute atomic E-state index is 0.0486. The number of carbonyl (C=O) groups excluding carboxylic acids is 2. The number of hydrogen-bond acceptors (Lipinski definition) is 7. The normalized spacial score (nSPS) is 21.3. The highest BCUT2D eigenvalue weighted by atomic mass is 16.5. The highest BCUT2D eigenvalue weighted by Gasteiger charge is 2.35. The maximum atomic E-state index is 13.7.